The van der Waals surface area contributed by atoms with E-state index in [1.807, 2.05) is 26.0 Å². The number of anilines is 3. The first-order valence-corrected chi connectivity index (χ1v) is 14.7. The molecule has 1 N–H and O–H groups in total. The molecule has 1 heterocycles. The highest BCUT2D eigenvalue weighted by Gasteiger charge is 2.38. The van der Waals surface area contributed by atoms with E-state index in [2.05, 4.69) is 5.32 Å². The van der Waals surface area contributed by atoms with E-state index in [1.54, 1.807) is 43.3 Å². The van der Waals surface area contributed by atoms with Gasteiger partial charge in [0.25, 0.3) is 27.7 Å². The summed E-state index contributed by atoms with van der Waals surface area (Å²) < 4.78 is 33.8. The fourth-order valence-corrected chi connectivity index (χ4v) is 6.41. The second kappa shape index (κ2) is 11.1. The maximum absolute atomic E-state index is 13.6. The third kappa shape index (κ3) is 5.01. The van der Waals surface area contributed by atoms with Crippen molar-refractivity contribution in [3.63, 3.8) is 0 Å². The zero-order valence-corrected chi connectivity index (χ0v) is 24.4. The molecule has 1 aliphatic rings. The van der Waals surface area contributed by atoms with Crippen LogP contribution in [0.25, 0.3) is 0 Å². The number of rotatable bonds is 8. The zero-order valence-electron chi connectivity index (χ0n) is 23.5. The van der Waals surface area contributed by atoms with Gasteiger partial charge in [-0.15, -0.1) is 0 Å². The number of carbonyl (C=O) groups is 3. The molecular weight excluding hydrogens is 554 g/mol. The molecule has 0 spiro atoms. The number of methoxy groups -OCH3 is 1. The second-order valence-corrected chi connectivity index (χ2v) is 11.7. The van der Waals surface area contributed by atoms with E-state index in [0.717, 1.165) is 16.0 Å². The first-order valence-electron chi connectivity index (χ1n) is 13.2. The smallest absolute Gasteiger partial charge is 0.266 e. The molecule has 0 saturated heterocycles. The number of para-hydroxylation sites is 1. The fourth-order valence-electron chi connectivity index (χ4n) is 4.91. The Morgan fingerprint density at radius 3 is 2.29 bits per heavy atom. The van der Waals surface area contributed by atoms with Gasteiger partial charge in [-0.3, -0.25) is 18.7 Å². The van der Waals surface area contributed by atoms with Gasteiger partial charge < -0.3 is 10.1 Å². The minimum atomic E-state index is -3.97. The van der Waals surface area contributed by atoms with E-state index in [-0.39, 0.29) is 39.6 Å². The molecule has 0 radical (unpaired) electrons. The molecule has 1 aliphatic heterocycles. The molecule has 214 valence electrons. The Morgan fingerprint density at radius 2 is 1.60 bits per heavy atom. The molecule has 0 bridgehead atoms. The topological polar surface area (TPSA) is 113 Å². The third-order valence-corrected chi connectivity index (χ3v) is 8.99. The summed E-state index contributed by atoms with van der Waals surface area (Å²) in [5.41, 5.74) is 3.22. The predicted molar refractivity (Wildman–Crippen MR) is 161 cm³/mol. The molecule has 42 heavy (non-hydrogen) atoms. The lowest BCUT2D eigenvalue weighted by Crippen LogP contribution is -2.30. The Hall–Kier alpha value is -4.96. The van der Waals surface area contributed by atoms with Crippen LogP contribution in [0.3, 0.4) is 0 Å². The van der Waals surface area contributed by atoms with Crippen LogP contribution in [0.1, 0.15) is 49.1 Å². The van der Waals surface area contributed by atoms with Gasteiger partial charge in [0.15, 0.2) is 0 Å². The summed E-state index contributed by atoms with van der Waals surface area (Å²) in [5.74, 6) is -1.34. The SMILES string of the molecule is CCN(c1ccccc1)S(=O)(=O)c1ccc(OC)c(NC(=O)c2ccc3c(c2)C(=O)N(c2cc(C)ccc2C)C3=O)c1. The van der Waals surface area contributed by atoms with Gasteiger partial charge in [0.2, 0.25) is 0 Å². The summed E-state index contributed by atoms with van der Waals surface area (Å²) in [5, 5.41) is 2.71. The van der Waals surface area contributed by atoms with Crippen molar-refractivity contribution in [3.05, 3.63) is 113 Å². The van der Waals surface area contributed by atoms with Crippen molar-refractivity contribution in [3.8, 4) is 5.75 Å². The minimum Gasteiger partial charge on any atom is -0.495 e. The van der Waals surface area contributed by atoms with Crippen molar-refractivity contribution in [2.24, 2.45) is 0 Å². The first kappa shape index (κ1) is 28.6. The Bertz CT molecular complexity index is 1840. The molecule has 3 amide bonds. The van der Waals surface area contributed by atoms with Gasteiger partial charge in [-0.1, -0.05) is 30.3 Å². The molecule has 9 nitrogen and oxygen atoms in total. The molecule has 5 rings (SSSR count). The highest BCUT2D eigenvalue weighted by molar-refractivity contribution is 7.92. The molecular formula is C32H29N3O6S. The monoisotopic (exact) mass is 583 g/mol. The lowest BCUT2D eigenvalue weighted by atomic mass is 10.1. The van der Waals surface area contributed by atoms with E-state index < -0.39 is 27.7 Å². The van der Waals surface area contributed by atoms with Crippen LogP contribution in [0.15, 0.2) is 89.8 Å². The molecule has 0 saturated carbocycles. The highest BCUT2D eigenvalue weighted by Crippen LogP contribution is 2.34. The van der Waals surface area contributed by atoms with Gasteiger partial charge in [-0.25, -0.2) is 13.3 Å². The molecule has 0 fully saturated rings. The van der Waals surface area contributed by atoms with Crippen molar-refractivity contribution in [2.45, 2.75) is 25.7 Å². The summed E-state index contributed by atoms with van der Waals surface area (Å²) in [6, 6.07) is 22.7. The number of benzene rings is 4. The fraction of sp³-hybridized carbons (Fsp3) is 0.156. The quantitative estimate of drug-likeness (QED) is 0.271. The number of hydrogen-bond donors (Lipinski definition) is 1. The number of ether oxygens (including phenoxy) is 1. The number of amides is 3. The van der Waals surface area contributed by atoms with Gasteiger partial charge in [-0.05, 0) is 86.5 Å². The summed E-state index contributed by atoms with van der Waals surface area (Å²) in [6.07, 6.45) is 0. The summed E-state index contributed by atoms with van der Waals surface area (Å²) in [4.78, 5) is 41.0. The van der Waals surface area contributed by atoms with Gasteiger partial charge in [-0.2, -0.15) is 0 Å². The number of fused-ring (bicyclic) bond motifs is 1. The minimum absolute atomic E-state index is 0.0387. The van der Waals surface area contributed by atoms with Crippen LogP contribution in [0.2, 0.25) is 0 Å². The maximum Gasteiger partial charge on any atom is 0.266 e. The van der Waals surface area contributed by atoms with Crippen molar-refractivity contribution in [2.75, 3.05) is 28.2 Å². The second-order valence-electron chi connectivity index (χ2n) is 9.82. The number of carbonyl (C=O) groups excluding carboxylic acids is 3. The molecule has 4 aromatic rings. The van der Waals surface area contributed by atoms with E-state index in [0.29, 0.717) is 11.4 Å². The van der Waals surface area contributed by atoms with Crippen LogP contribution in [-0.4, -0.2) is 39.8 Å². The van der Waals surface area contributed by atoms with Crippen molar-refractivity contribution >= 4 is 44.8 Å². The van der Waals surface area contributed by atoms with Crippen LogP contribution in [0.4, 0.5) is 17.1 Å². The third-order valence-electron chi connectivity index (χ3n) is 7.09. The van der Waals surface area contributed by atoms with Gasteiger partial charge in [0.1, 0.15) is 5.75 Å². The highest BCUT2D eigenvalue weighted by atomic mass is 32.2. The van der Waals surface area contributed by atoms with Crippen LogP contribution in [0.5, 0.6) is 5.75 Å². The average Bonchev–Trinajstić information content (AvgIpc) is 3.23. The number of imide groups is 1. The molecule has 0 aliphatic carbocycles. The van der Waals surface area contributed by atoms with E-state index in [1.165, 1.54) is 47.8 Å². The van der Waals surface area contributed by atoms with Crippen LogP contribution in [0, 0.1) is 13.8 Å². The standard InChI is InChI=1S/C32H29N3O6S/c1-5-34(23-9-7-6-8-10-23)42(39,40)24-14-16-29(41-4)27(19-24)33-30(36)22-13-15-25-26(18-22)32(38)35(31(25)37)28-17-20(2)11-12-21(28)3/h6-19H,5H2,1-4H3,(H,33,36). The van der Waals surface area contributed by atoms with Crippen LogP contribution >= 0.6 is 0 Å². The Morgan fingerprint density at radius 1 is 0.881 bits per heavy atom. The molecule has 4 aromatic carbocycles. The lowest BCUT2D eigenvalue weighted by Gasteiger charge is -2.23. The zero-order chi connectivity index (χ0) is 30.2. The van der Waals surface area contributed by atoms with Crippen LogP contribution < -0.4 is 19.3 Å². The largest absolute Gasteiger partial charge is 0.495 e. The van der Waals surface area contributed by atoms with E-state index in [4.69, 9.17) is 4.74 Å². The Kier molecular flexibility index (Phi) is 7.57. The molecule has 0 aromatic heterocycles. The number of aryl methyl sites for hydroxylation is 2. The number of hydrogen-bond acceptors (Lipinski definition) is 6. The van der Waals surface area contributed by atoms with Crippen molar-refractivity contribution < 1.29 is 27.5 Å². The predicted octanol–water partition coefficient (Wildman–Crippen LogP) is 5.58. The maximum atomic E-state index is 13.6. The number of nitrogens with zero attached hydrogens (tertiary/aromatic N) is 2. The summed E-state index contributed by atoms with van der Waals surface area (Å²) in [7, 11) is -2.57. The van der Waals surface area contributed by atoms with Gasteiger partial charge in [0, 0.05) is 12.1 Å². The lowest BCUT2D eigenvalue weighted by molar-refractivity contribution is 0.0925. The summed E-state index contributed by atoms with van der Waals surface area (Å²) in [6.45, 7) is 5.62. The Labute approximate surface area is 244 Å². The van der Waals surface area contributed by atoms with E-state index in [9.17, 15) is 22.8 Å². The molecule has 0 unspecified atom stereocenters. The number of nitrogens with one attached hydrogen (secondary N) is 1. The summed E-state index contributed by atoms with van der Waals surface area (Å²) >= 11 is 0. The Balaban J connectivity index is 1.45. The first-order chi connectivity index (χ1) is 20.1. The van der Waals surface area contributed by atoms with E-state index >= 15 is 0 Å². The van der Waals surface area contributed by atoms with Crippen molar-refractivity contribution in [1.29, 1.82) is 0 Å². The van der Waals surface area contributed by atoms with Gasteiger partial charge >= 0.3 is 0 Å². The molecule has 0 atom stereocenters. The normalized spacial score (nSPS) is 12.7. The van der Waals surface area contributed by atoms with Crippen molar-refractivity contribution in [1.82, 2.24) is 0 Å². The van der Waals surface area contributed by atoms with Gasteiger partial charge in [0.05, 0.1) is 40.2 Å². The molecule has 10 heteroatoms. The number of sulfonamides is 1. The average molecular weight is 584 g/mol. The van der Waals surface area contributed by atoms with Crippen LogP contribution in [-0.2, 0) is 10.0 Å².